The first-order chi connectivity index (χ1) is 25.9. The van der Waals surface area contributed by atoms with Crippen LogP contribution in [-0.4, -0.2) is 124 Å². The van der Waals surface area contributed by atoms with E-state index < -0.39 is 84.4 Å². The molecule has 0 saturated carbocycles. The van der Waals surface area contributed by atoms with Gasteiger partial charge in [0.25, 0.3) is 0 Å². The molecule has 1 aromatic carbocycles. The Balaban J connectivity index is 1.46. The van der Waals surface area contributed by atoms with E-state index in [0.717, 1.165) is 5.56 Å². The zero-order valence-electron chi connectivity index (χ0n) is 31.2. The van der Waals surface area contributed by atoms with Crippen molar-refractivity contribution in [2.24, 2.45) is 5.92 Å². The summed E-state index contributed by atoms with van der Waals surface area (Å²) in [5.41, 5.74) is 1.12. The molecule has 0 radical (unpaired) electrons. The summed E-state index contributed by atoms with van der Waals surface area (Å²) in [6, 6.07) is 5.04. The summed E-state index contributed by atoms with van der Waals surface area (Å²) in [6.45, 7) is 6.95. The summed E-state index contributed by atoms with van der Waals surface area (Å²) >= 11 is 0. The molecule has 3 aliphatic rings. The van der Waals surface area contributed by atoms with Crippen LogP contribution < -0.4 is 21.3 Å². The van der Waals surface area contributed by atoms with Crippen LogP contribution in [0.5, 0.6) is 0 Å². The molecule has 2 aromatic rings. The fraction of sp³-hybridized carbons (Fsp3) is 0.526. The van der Waals surface area contributed by atoms with E-state index in [1.807, 2.05) is 19.9 Å². The van der Waals surface area contributed by atoms with Gasteiger partial charge in [0, 0.05) is 32.3 Å². The fourth-order valence-corrected chi connectivity index (χ4v) is 7.24. The average molecular weight is 747 g/mol. The van der Waals surface area contributed by atoms with E-state index in [1.165, 1.54) is 27.8 Å². The Kier molecular flexibility index (Phi) is 13.2. The van der Waals surface area contributed by atoms with E-state index in [0.29, 0.717) is 31.4 Å². The van der Waals surface area contributed by atoms with Gasteiger partial charge in [0.2, 0.25) is 29.5 Å². The van der Waals surface area contributed by atoms with E-state index in [9.17, 15) is 33.6 Å². The molecule has 4 heterocycles. The van der Waals surface area contributed by atoms with Crippen molar-refractivity contribution in [1.29, 1.82) is 0 Å². The number of carbonyl (C=O) groups excluding carboxylic acids is 7. The maximum Gasteiger partial charge on any atom is 0.328 e. The monoisotopic (exact) mass is 746 g/mol. The molecule has 16 nitrogen and oxygen atoms in total. The van der Waals surface area contributed by atoms with Gasteiger partial charge in [-0.1, -0.05) is 44.2 Å². The Hall–Kier alpha value is -5.54. The van der Waals surface area contributed by atoms with Crippen molar-refractivity contribution in [3.8, 4) is 0 Å². The highest BCUT2D eigenvalue weighted by atomic mass is 16.5. The second kappa shape index (κ2) is 18.0. The molecule has 16 heteroatoms. The number of aromatic nitrogens is 1. The number of carbonyl (C=O) groups is 7. The standard InChI is InChI=1S/C38H50N8O8/c1-5-16-44-25(4)32(47)40-24(3)34(49)46-21-23(2)18-31(46)37(52)54-22-29(35(50)45-17-10-14-30(45)36(44)51)42-33(48)28(19-26-11-7-6-8-12-26)43-38(53)41-27-13-9-15-39-20-27/h6-9,11-13,15,20,23-25,28-31H,5,10,14,16-19,21-22H2,1-4H3,(H,40,47)(H,42,48)(H2,41,43,53). The number of pyridine rings is 1. The van der Waals surface area contributed by atoms with E-state index in [1.54, 1.807) is 49.5 Å². The Labute approximate surface area is 314 Å². The van der Waals surface area contributed by atoms with Crippen molar-refractivity contribution < 1.29 is 38.3 Å². The lowest BCUT2D eigenvalue weighted by molar-refractivity contribution is -0.158. The fourth-order valence-electron chi connectivity index (χ4n) is 7.24. The minimum absolute atomic E-state index is 0.0554. The number of benzene rings is 1. The molecule has 7 unspecified atom stereocenters. The Morgan fingerprint density at radius 1 is 0.963 bits per heavy atom. The smallest absolute Gasteiger partial charge is 0.328 e. The maximum absolute atomic E-state index is 14.4. The van der Waals surface area contributed by atoms with Gasteiger partial charge in [0.15, 0.2) is 0 Å². The molecule has 3 aliphatic heterocycles. The predicted molar refractivity (Wildman–Crippen MR) is 196 cm³/mol. The van der Waals surface area contributed by atoms with Crippen LogP contribution >= 0.6 is 0 Å². The van der Waals surface area contributed by atoms with Gasteiger partial charge < -0.3 is 40.7 Å². The summed E-state index contributed by atoms with van der Waals surface area (Å²) in [4.78, 5) is 105. The van der Waals surface area contributed by atoms with Crippen LogP contribution in [0.3, 0.4) is 0 Å². The quantitative estimate of drug-likeness (QED) is 0.287. The van der Waals surface area contributed by atoms with Crippen LogP contribution in [-0.2, 0) is 39.9 Å². The van der Waals surface area contributed by atoms with Crippen LogP contribution in [0.15, 0.2) is 54.9 Å². The predicted octanol–water partition coefficient (Wildman–Crippen LogP) is 1.22. The lowest BCUT2D eigenvalue weighted by Crippen LogP contribution is -2.61. The first-order valence-corrected chi connectivity index (χ1v) is 18.6. The number of amides is 7. The molecule has 4 N–H and O–H groups in total. The molecule has 3 saturated heterocycles. The number of ether oxygens (including phenoxy) is 1. The molecule has 290 valence electrons. The van der Waals surface area contributed by atoms with Crippen molar-refractivity contribution in [2.45, 2.75) is 96.1 Å². The Morgan fingerprint density at radius 2 is 1.72 bits per heavy atom. The van der Waals surface area contributed by atoms with E-state index in [4.69, 9.17) is 4.74 Å². The molecular formula is C38H50N8O8. The largest absolute Gasteiger partial charge is 0.461 e. The molecular weight excluding hydrogens is 696 g/mol. The minimum atomic E-state index is -1.45. The molecule has 0 bridgehead atoms. The molecule has 7 amide bonds. The minimum Gasteiger partial charge on any atom is -0.461 e. The molecule has 7 atom stereocenters. The van der Waals surface area contributed by atoms with Crippen molar-refractivity contribution >= 4 is 47.2 Å². The van der Waals surface area contributed by atoms with E-state index in [2.05, 4.69) is 26.3 Å². The normalized spacial score (nSPS) is 26.0. The Bertz CT molecular complexity index is 1690. The first-order valence-electron chi connectivity index (χ1n) is 18.6. The highest BCUT2D eigenvalue weighted by Gasteiger charge is 2.45. The topological polar surface area (TPSA) is 199 Å². The molecule has 3 fully saturated rings. The van der Waals surface area contributed by atoms with Crippen molar-refractivity contribution in [3.63, 3.8) is 0 Å². The summed E-state index contributed by atoms with van der Waals surface area (Å²) in [7, 11) is 0. The summed E-state index contributed by atoms with van der Waals surface area (Å²) < 4.78 is 5.72. The number of nitrogens with zero attached hydrogens (tertiary/aromatic N) is 4. The highest BCUT2D eigenvalue weighted by molar-refractivity contribution is 5.98. The van der Waals surface area contributed by atoms with Gasteiger partial charge in [-0.15, -0.1) is 0 Å². The summed E-state index contributed by atoms with van der Waals surface area (Å²) in [6.07, 6.45) is 4.68. The first kappa shape index (κ1) is 39.7. The third-order valence-electron chi connectivity index (χ3n) is 10.0. The van der Waals surface area contributed by atoms with Crippen molar-refractivity contribution in [3.05, 3.63) is 60.4 Å². The van der Waals surface area contributed by atoms with Crippen LogP contribution in [0.25, 0.3) is 0 Å². The van der Waals surface area contributed by atoms with Gasteiger partial charge in [-0.05, 0) is 63.1 Å². The van der Waals surface area contributed by atoms with Gasteiger partial charge in [-0.2, -0.15) is 0 Å². The van der Waals surface area contributed by atoms with Gasteiger partial charge in [0.05, 0.1) is 11.9 Å². The van der Waals surface area contributed by atoms with Crippen molar-refractivity contribution in [1.82, 2.24) is 35.6 Å². The zero-order chi connectivity index (χ0) is 38.9. The van der Waals surface area contributed by atoms with Gasteiger partial charge in [0.1, 0.15) is 42.9 Å². The van der Waals surface area contributed by atoms with Crippen LogP contribution in [0.4, 0.5) is 10.5 Å². The van der Waals surface area contributed by atoms with Gasteiger partial charge >= 0.3 is 12.0 Å². The average Bonchev–Trinajstić information content (AvgIpc) is 3.81. The Morgan fingerprint density at radius 3 is 2.43 bits per heavy atom. The van der Waals surface area contributed by atoms with E-state index >= 15 is 0 Å². The zero-order valence-corrected chi connectivity index (χ0v) is 31.2. The van der Waals surface area contributed by atoms with Crippen LogP contribution in [0.1, 0.15) is 58.9 Å². The lowest BCUT2D eigenvalue weighted by Gasteiger charge is -2.36. The third kappa shape index (κ3) is 9.51. The second-order valence-corrected chi connectivity index (χ2v) is 14.2. The van der Waals surface area contributed by atoms with E-state index in [-0.39, 0.29) is 32.0 Å². The molecule has 5 rings (SSSR count). The van der Waals surface area contributed by atoms with Crippen LogP contribution in [0, 0.1) is 5.92 Å². The number of rotatable bonds is 8. The highest BCUT2D eigenvalue weighted by Crippen LogP contribution is 2.26. The second-order valence-electron chi connectivity index (χ2n) is 14.2. The molecule has 1 aromatic heterocycles. The number of nitrogens with one attached hydrogen (secondary N) is 4. The van der Waals surface area contributed by atoms with Crippen molar-refractivity contribution in [2.75, 3.05) is 31.6 Å². The number of hydrogen-bond acceptors (Lipinski definition) is 9. The summed E-state index contributed by atoms with van der Waals surface area (Å²) in [5.74, 6) is -3.68. The molecule has 54 heavy (non-hydrogen) atoms. The lowest BCUT2D eigenvalue weighted by atomic mass is 10.0. The number of cyclic esters (lactones) is 1. The third-order valence-corrected chi connectivity index (χ3v) is 10.0. The summed E-state index contributed by atoms with van der Waals surface area (Å²) in [5, 5.41) is 10.8. The molecule has 0 aliphatic carbocycles. The number of anilines is 1. The van der Waals surface area contributed by atoms with Crippen LogP contribution in [0.2, 0.25) is 0 Å². The van der Waals surface area contributed by atoms with Gasteiger partial charge in [-0.3, -0.25) is 29.0 Å². The SMILES string of the molecule is CCCN1C(=O)C2CCCN2C(=O)C(NC(=O)C(Cc2ccccc2)NC(=O)Nc2cccnc2)COC(=O)C2CC(C)CN2C(=O)C(C)NC(=O)C1C. The maximum atomic E-state index is 14.4. The number of esters is 1. The molecule has 0 spiro atoms. The number of urea groups is 1. The van der Waals surface area contributed by atoms with Gasteiger partial charge in [-0.25, -0.2) is 9.59 Å². The number of hydrogen-bond donors (Lipinski definition) is 4. The number of fused-ring (bicyclic) bond motifs is 2.